The van der Waals surface area contributed by atoms with E-state index in [0.717, 1.165) is 0 Å². The fourth-order valence-corrected chi connectivity index (χ4v) is 6.99. The monoisotopic (exact) mass is 741 g/mol. The van der Waals surface area contributed by atoms with Gasteiger partial charge in [-0.05, 0) is 61.6 Å². The molecule has 0 spiro atoms. The second-order valence-corrected chi connectivity index (χ2v) is 14.7. The van der Waals surface area contributed by atoms with Gasteiger partial charge in [0.05, 0.1) is 13.0 Å². The van der Waals surface area contributed by atoms with E-state index < -0.39 is 102 Å². The number of hydrogen-bond acceptors (Lipinski definition) is 9. The number of carbonyl (C=O) groups is 8. The van der Waals surface area contributed by atoms with Crippen LogP contribution in [-0.4, -0.2) is 123 Å². The van der Waals surface area contributed by atoms with Gasteiger partial charge < -0.3 is 46.6 Å². The number of carboxylic acid groups (broad SMARTS) is 1. The van der Waals surface area contributed by atoms with Crippen molar-refractivity contribution in [3.8, 4) is 5.75 Å². The minimum atomic E-state index is -1.63. The highest BCUT2D eigenvalue weighted by Crippen LogP contribution is 2.27. The molecule has 17 nitrogen and oxygen atoms in total. The molecular formula is C36H51N7O10. The van der Waals surface area contributed by atoms with Crippen molar-refractivity contribution in [3.05, 3.63) is 29.8 Å². The summed E-state index contributed by atoms with van der Waals surface area (Å²) in [5.41, 5.74) is 0.566. The number of amides is 7. The van der Waals surface area contributed by atoms with E-state index >= 15 is 0 Å². The van der Waals surface area contributed by atoms with Crippen LogP contribution < -0.4 is 26.6 Å². The Morgan fingerprint density at radius 1 is 0.736 bits per heavy atom. The summed E-state index contributed by atoms with van der Waals surface area (Å²) in [6.07, 6.45) is 1.01. The average molecular weight is 742 g/mol. The van der Waals surface area contributed by atoms with Crippen molar-refractivity contribution < 1.29 is 48.6 Å². The van der Waals surface area contributed by atoms with Crippen LogP contribution in [0.2, 0.25) is 0 Å². The van der Waals surface area contributed by atoms with Crippen molar-refractivity contribution >= 4 is 47.3 Å². The lowest BCUT2D eigenvalue weighted by molar-refractivity contribution is -0.148. The normalized spacial score (nSPS) is 26.9. The van der Waals surface area contributed by atoms with Crippen molar-refractivity contribution in [1.29, 1.82) is 0 Å². The molecule has 3 heterocycles. The Hall–Kier alpha value is -5.22. The minimum Gasteiger partial charge on any atom is -0.508 e. The quantitative estimate of drug-likeness (QED) is 0.183. The molecule has 0 unspecified atom stereocenters. The van der Waals surface area contributed by atoms with E-state index in [1.807, 2.05) is 13.8 Å². The molecule has 1 aromatic carbocycles. The van der Waals surface area contributed by atoms with E-state index in [4.69, 9.17) is 0 Å². The predicted octanol–water partition coefficient (Wildman–Crippen LogP) is -0.837. The molecule has 0 aliphatic carbocycles. The van der Waals surface area contributed by atoms with Crippen LogP contribution in [-0.2, 0) is 44.8 Å². The third-order valence-corrected chi connectivity index (χ3v) is 9.69. The molecule has 53 heavy (non-hydrogen) atoms. The molecule has 3 fully saturated rings. The summed E-state index contributed by atoms with van der Waals surface area (Å²) < 4.78 is 0. The summed E-state index contributed by atoms with van der Waals surface area (Å²) in [6, 6.07) is -1.08. The van der Waals surface area contributed by atoms with Crippen LogP contribution in [0.5, 0.6) is 5.75 Å². The van der Waals surface area contributed by atoms with Crippen LogP contribution in [0.3, 0.4) is 0 Å². The molecule has 3 saturated heterocycles. The fraction of sp³-hybridized carbons (Fsp3) is 0.611. The molecule has 1 aromatic rings. The van der Waals surface area contributed by atoms with Crippen LogP contribution in [0.1, 0.15) is 71.8 Å². The first kappa shape index (κ1) is 40.5. The van der Waals surface area contributed by atoms with Gasteiger partial charge in [-0.25, -0.2) is 0 Å². The molecule has 4 rings (SSSR count). The molecule has 0 radical (unpaired) electrons. The molecule has 0 saturated carbocycles. The van der Waals surface area contributed by atoms with E-state index in [0.29, 0.717) is 31.2 Å². The molecule has 0 aromatic heterocycles. The Morgan fingerprint density at radius 2 is 1.34 bits per heavy atom. The third kappa shape index (κ3) is 10.7. The number of carbonyl (C=O) groups excluding carboxylic acids is 7. The number of nitrogens with one attached hydrogen (secondary N) is 5. The van der Waals surface area contributed by atoms with Gasteiger partial charge in [0, 0.05) is 19.5 Å². The van der Waals surface area contributed by atoms with Crippen molar-refractivity contribution in [1.82, 2.24) is 36.4 Å². The van der Waals surface area contributed by atoms with Crippen molar-refractivity contribution in [2.75, 3.05) is 19.6 Å². The number of nitrogens with zero attached hydrogens (tertiary/aromatic N) is 2. The number of benzene rings is 1. The zero-order valence-corrected chi connectivity index (χ0v) is 30.6. The van der Waals surface area contributed by atoms with Gasteiger partial charge in [0.2, 0.25) is 41.4 Å². The number of aromatic hydroxyl groups is 1. The summed E-state index contributed by atoms with van der Waals surface area (Å²) in [6.45, 7) is 6.84. The Labute approximate surface area is 308 Å². The largest absolute Gasteiger partial charge is 0.508 e. The van der Waals surface area contributed by atoms with Crippen LogP contribution in [0.25, 0.3) is 0 Å². The van der Waals surface area contributed by atoms with Crippen LogP contribution in [0, 0.1) is 11.8 Å². The molecule has 7 amide bonds. The first-order valence-corrected chi connectivity index (χ1v) is 18.1. The maximum absolute atomic E-state index is 14.1. The molecule has 3 aliphatic heterocycles. The highest BCUT2D eigenvalue weighted by Gasteiger charge is 2.44. The van der Waals surface area contributed by atoms with Gasteiger partial charge in [-0.15, -0.1) is 0 Å². The van der Waals surface area contributed by atoms with Gasteiger partial charge in [-0.3, -0.25) is 38.4 Å². The molecular weight excluding hydrogens is 690 g/mol. The van der Waals surface area contributed by atoms with Gasteiger partial charge in [-0.1, -0.05) is 39.8 Å². The number of phenolic OH excluding ortho intramolecular Hbond substituents is 1. The molecule has 290 valence electrons. The number of rotatable bonds is 7. The second kappa shape index (κ2) is 18.0. The predicted molar refractivity (Wildman–Crippen MR) is 189 cm³/mol. The maximum atomic E-state index is 14.1. The zero-order chi connectivity index (χ0) is 39.0. The maximum Gasteiger partial charge on any atom is 0.305 e. The zero-order valence-electron chi connectivity index (χ0n) is 30.6. The van der Waals surface area contributed by atoms with E-state index in [-0.39, 0.29) is 37.6 Å². The Bertz CT molecular complexity index is 1570. The molecule has 3 aliphatic rings. The SMILES string of the molecule is CC(C)C[C@@H]1NC(=O)CNC(=O)[C@H](CC(=O)O)NC(=O)[C@H](C(C)C)NC(=O)[C@H](Cc2ccc(O)cc2)NC(=O)[C@@H]2CCCN2C(=O)[C@@H]2CCCN2C1=O. The number of hydrogen-bond donors (Lipinski definition) is 7. The van der Waals surface area contributed by atoms with Crippen LogP contribution >= 0.6 is 0 Å². The van der Waals surface area contributed by atoms with Gasteiger partial charge in [0.1, 0.15) is 42.0 Å². The van der Waals surface area contributed by atoms with Crippen LogP contribution in [0.4, 0.5) is 0 Å². The summed E-state index contributed by atoms with van der Waals surface area (Å²) in [7, 11) is 0. The van der Waals surface area contributed by atoms with Gasteiger partial charge in [0.15, 0.2) is 0 Å². The second-order valence-electron chi connectivity index (χ2n) is 14.7. The van der Waals surface area contributed by atoms with E-state index in [1.54, 1.807) is 26.0 Å². The van der Waals surface area contributed by atoms with Crippen LogP contribution in [0.15, 0.2) is 24.3 Å². The Balaban J connectivity index is 1.72. The lowest BCUT2D eigenvalue weighted by Crippen LogP contribution is -2.60. The first-order chi connectivity index (χ1) is 25.0. The van der Waals surface area contributed by atoms with Gasteiger partial charge in [-0.2, -0.15) is 0 Å². The van der Waals surface area contributed by atoms with Gasteiger partial charge >= 0.3 is 5.97 Å². The molecule has 7 N–H and O–H groups in total. The lowest BCUT2D eigenvalue weighted by atomic mass is 10.00. The first-order valence-electron chi connectivity index (χ1n) is 18.1. The molecule has 17 heteroatoms. The molecule has 0 bridgehead atoms. The summed E-state index contributed by atoms with van der Waals surface area (Å²) >= 11 is 0. The minimum absolute atomic E-state index is 0.0131. The lowest BCUT2D eigenvalue weighted by Gasteiger charge is -2.33. The third-order valence-electron chi connectivity index (χ3n) is 9.69. The topological polar surface area (TPSA) is 244 Å². The van der Waals surface area contributed by atoms with E-state index in [1.165, 1.54) is 21.9 Å². The summed E-state index contributed by atoms with van der Waals surface area (Å²) in [5.74, 6) is -6.92. The smallest absolute Gasteiger partial charge is 0.305 e. The summed E-state index contributed by atoms with van der Waals surface area (Å²) in [4.78, 5) is 110. The van der Waals surface area contributed by atoms with Gasteiger partial charge in [0.25, 0.3) is 0 Å². The Kier molecular flexibility index (Phi) is 13.8. The summed E-state index contributed by atoms with van der Waals surface area (Å²) in [5, 5.41) is 32.1. The highest BCUT2D eigenvalue weighted by atomic mass is 16.4. The standard InChI is InChI=1S/C36H51N7O10/c1-19(2)15-25-35(52)43-14-6-8-27(43)36(53)42-13-5-7-26(42)33(50)39-23(16-21-9-11-22(44)12-10-21)32(49)41-30(20(3)4)34(51)40-24(17-29(46)47)31(48)37-18-28(45)38-25/h9-12,19-20,23-27,30,44H,5-8,13-18H2,1-4H3,(H,37,48)(H,38,45)(H,39,50)(H,40,51)(H,41,49)(H,46,47)/t23-,24-,25-,26-,27-,30-/m0/s1. The van der Waals surface area contributed by atoms with E-state index in [9.17, 15) is 48.6 Å². The fourth-order valence-electron chi connectivity index (χ4n) is 6.99. The van der Waals surface area contributed by atoms with Crippen molar-refractivity contribution in [2.45, 2.75) is 109 Å². The number of phenols is 1. The Morgan fingerprint density at radius 3 is 1.94 bits per heavy atom. The molecule has 6 atom stereocenters. The van der Waals surface area contributed by atoms with E-state index in [2.05, 4.69) is 26.6 Å². The van der Waals surface area contributed by atoms with Crippen molar-refractivity contribution in [2.24, 2.45) is 11.8 Å². The van der Waals surface area contributed by atoms with Crippen molar-refractivity contribution in [3.63, 3.8) is 0 Å². The number of aliphatic carboxylic acids is 1. The number of fused-ring (bicyclic) bond motifs is 2. The number of carboxylic acids is 1. The highest BCUT2D eigenvalue weighted by molar-refractivity contribution is 5.99. The average Bonchev–Trinajstić information content (AvgIpc) is 3.79.